The molecule has 1 atom stereocenters. The van der Waals surface area contributed by atoms with E-state index in [0.717, 1.165) is 49.7 Å². The molecule has 0 radical (unpaired) electrons. The van der Waals surface area contributed by atoms with Crippen LogP contribution in [0.2, 0.25) is 5.02 Å². The maximum absolute atomic E-state index is 17.0. The lowest BCUT2D eigenvalue weighted by Crippen LogP contribution is -2.44. The van der Waals surface area contributed by atoms with Crippen LogP contribution in [0, 0.1) is 5.82 Å². The number of pyridine rings is 1. The van der Waals surface area contributed by atoms with E-state index in [1.165, 1.54) is 0 Å². The molecule has 3 aromatic heterocycles. The van der Waals surface area contributed by atoms with E-state index >= 15 is 4.39 Å². The molecule has 8 heterocycles. The molecule has 3 saturated heterocycles. The number of halogens is 2. The van der Waals surface area contributed by atoms with Crippen molar-refractivity contribution in [1.29, 1.82) is 0 Å². The fourth-order valence-corrected chi connectivity index (χ4v) is 7.93. The lowest BCUT2D eigenvalue weighted by Gasteiger charge is -2.34. The van der Waals surface area contributed by atoms with E-state index in [0.29, 0.717) is 78.8 Å². The first-order valence-corrected chi connectivity index (χ1v) is 16.4. The van der Waals surface area contributed by atoms with Gasteiger partial charge in [0.15, 0.2) is 11.7 Å². The van der Waals surface area contributed by atoms with E-state index in [-0.39, 0.29) is 28.9 Å². The van der Waals surface area contributed by atoms with E-state index in [1.54, 1.807) is 25.7 Å². The monoisotopic (exact) mass is 646 g/mol. The summed E-state index contributed by atoms with van der Waals surface area (Å²) >= 11 is 6.84. The van der Waals surface area contributed by atoms with Crippen molar-refractivity contribution >= 4 is 45.1 Å². The van der Waals surface area contributed by atoms with Crippen LogP contribution in [-0.2, 0) is 15.9 Å². The molecule has 5 aliphatic heterocycles. The van der Waals surface area contributed by atoms with Crippen molar-refractivity contribution < 1.29 is 18.6 Å². The second-order valence-electron chi connectivity index (χ2n) is 12.6. The molecule has 0 aliphatic carbocycles. The summed E-state index contributed by atoms with van der Waals surface area (Å²) in [6, 6.07) is 1.99. The Labute approximate surface area is 270 Å². The number of aromatic nitrogens is 5. The van der Waals surface area contributed by atoms with Gasteiger partial charge in [-0.3, -0.25) is 15.0 Å². The summed E-state index contributed by atoms with van der Waals surface area (Å²) in [7, 11) is 1.62. The van der Waals surface area contributed by atoms with Gasteiger partial charge in [0.05, 0.1) is 48.9 Å². The van der Waals surface area contributed by atoms with E-state index < -0.39 is 5.82 Å². The van der Waals surface area contributed by atoms with Crippen LogP contribution in [0.1, 0.15) is 44.1 Å². The number of methoxy groups -OCH3 is 1. The standard InChI is InChI=1S/C33H36ClFN8O3/c1-44-26-14-20-18-42(12-13-45-20)31-23-16-37-30(27-21(6-2-3-9-36-26)24(34)15-25-22(27)17-38-41-25)28(35)29(23)39-32(40-31)46-19-33-7-4-10-43(33)11-5-8-33/h3,9,15-17,20H,2,4-8,10-14,18-19H2,1H3,(H,38,41). The molecule has 0 saturated carbocycles. The first kappa shape index (κ1) is 29.5. The fraction of sp³-hybridized carbons (Fsp3) is 0.485. The molecule has 46 heavy (non-hydrogen) atoms. The van der Waals surface area contributed by atoms with Crippen LogP contribution in [0.3, 0.4) is 0 Å². The highest BCUT2D eigenvalue weighted by Gasteiger charge is 2.45. The molecule has 0 amide bonds. The summed E-state index contributed by atoms with van der Waals surface area (Å²) < 4.78 is 35.2. The van der Waals surface area contributed by atoms with Gasteiger partial charge in [-0.05, 0) is 63.2 Å². The zero-order chi connectivity index (χ0) is 31.3. The van der Waals surface area contributed by atoms with Crippen LogP contribution in [-0.4, -0.2) is 94.1 Å². The number of anilines is 1. The molecule has 3 fully saturated rings. The van der Waals surface area contributed by atoms with Gasteiger partial charge < -0.3 is 19.1 Å². The molecule has 1 N–H and O–H groups in total. The van der Waals surface area contributed by atoms with Crippen molar-refractivity contribution in [2.75, 3.05) is 51.4 Å². The molecule has 1 unspecified atom stereocenters. The maximum atomic E-state index is 17.0. The number of benzene rings is 1. The van der Waals surface area contributed by atoms with Crippen LogP contribution in [0.4, 0.5) is 10.2 Å². The number of hydrogen-bond donors (Lipinski definition) is 1. The van der Waals surface area contributed by atoms with Crippen LogP contribution in [0.25, 0.3) is 33.1 Å². The van der Waals surface area contributed by atoms with Crippen molar-refractivity contribution in [2.24, 2.45) is 4.99 Å². The van der Waals surface area contributed by atoms with Gasteiger partial charge in [-0.1, -0.05) is 17.7 Å². The van der Waals surface area contributed by atoms with Crippen LogP contribution < -0.4 is 9.64 Å². The van der Waals surface area contributed by atoms with Gasteiger partial charge in [-0.25, -0.2) is 9.38 Å². The van der Waals surface area contributed by atoms with Gasteiger partial charge >= 0.3 is 6.01 Å². The fourth-order valence-electron chi connectivity index (χ4n) is 7.63. The lowest BCUT2D eigenvalue weighted by atomic mass is 9.95. The Morgan fingerprint density at radius 1 is 1.15 bits per heavy atom. The topological polar surface area (TPSA) is 114 Å². The highest BCUT2D eigenvalue weighted by atomic mass is 35.5. The van der Waals surface area contributed by atoms with Gasteiger partial charge in [-0.2, -0.15) is 15.1 Å². The number of fused-ring (bicyclic) bond motifs is 7. The smallest absolute Gasteiger partial charge is 0.319 e. The molecule has 11 nitrogen and oxygen atoms in total. The Kier molecular flexibility index (Phi) is 7.74. The Balaban J connectivity index is 1.30. The lowest BCUT2D eigenvalue weighted by molar-refractivity contribution is 0.0423. The van der Waals surface area contributed by atoms with E-state index in [2.05, 4.69) is 25.0 Å². The van der Waals surface area contributed by atoms with Crippen LogP contribution >= 0.6 is 11.6 Å². The second-order valence-corrected chi connectivity index (χ2v) is 13.0. The Morgan fingerprint density at radius 2 is 2.02 bits per heavy atom. The molecule has 240 valence electrons. The van der Waals surface area contributed by atoms with E-state index in [9.17, 15) is 0 Å². The summed E-state index contributed by atoms with van der Waals surface area (Å²) in [6.07, 6.45) is 12.9. The average Bonchev–Trinajstić information content (AvgIpc) is 3.79. The number of hydrogen-bond acceptors (Lipinski definition) is 10. The van der Waals surface area contributed by atoms with Gasteiger partial charge in [0.2, 0.25) is 0 Å². The highest BCUT2D eigenvalue weighted by Crippen LogP contribution is 2.41. The molecular formula is C33H36ClFN8O3. The number of rotatable bonds is 3. The predicted octanol–water partition coefficient (Wildman–Crippen LogP) is 5.47. The van der Waals surface area contributed by atoms with Crippen molar-refractivity contribution in [3.05, 3.63) is 47.1 Å². The zero-order valence-electron chi connectivity index (χ0n) is 25.8. The second kappa shape index (κ2) is 12.1. The first-order valence-electron chi connectivity index (χ1n) is 16.0. The third-order valence-corrected chi connectivity index (χ3v) is 10.3. The third-order valence-electron chi connectivity index (χ3n) is 9.92. The predicted molar refractivity (Wildman–Crippen MR) is 174 cm³/mol. The van der Waals surface area contributed by atoms with E-state index in [1.807, 2.05) is 12.1 Å². The number of nitrogens with zero attached hydrogens (tertiary/aromatic N) is 7. The number of aromatic amines is 1. The largest absolute Gasteiger partial charge is 0.484 e. The van der Waals surface area contributed by atoms with Gasteiger partial charge in [0.1, 0.15) is 23.6 Å². The summed E-state index contributed by atoms with van der Waals surface area (Å²) in [4.78, 5) is 23.6. The minimum atomic E-state index is -0.548. The van der Waals surface area contributed by atoms with Crippen molar-refractivity contribution in [2.45, 2.75) is 56.6 Å². The van der Waals surface area contributed by atoms with E-state index in [4.69, 9.17) is 40.8 Å². The molecule has 9 rings (SSSR count). The summed E-state index contributed by atoms with van der Waals surface area (Å²) in [6.45, 7) is 4.18. The number of allylic oxidation sites excluding steroid dienone is 1. The normalized spacial score (nSPS) is 21.5. The molecule has 4 aromatic rings. The molecule has 0 spiro atoms. The minimum Gasteiger partial charge on any atom is -0.484 e. The van der Waals surface area contributed by atoms with Gasteiger partial charge in [0.25, 0.3) is 0 Å². The molecule has 5 aliphatic rings. The number of morpholine rings is 1. The average molecular weight is 647 g/mol. The molecule has 13 heteroatoms. The third kappa shape index (κ3) is 5.16. The van der Waals surface area contributed by atoms with Gasteiger partial charge in [0, 0.05) is 41.5 Å². The SMILES string of the molecule is COC1=NC=CCCc2c(Cl)cc3[nH]ncc3c2-c2ncc3c(nc(OCC45CCCN4CCC5)nc3c2F)N2CCOC(C1)C2. The summed E-state index contributed by atoms with van der Waals surface area (Å²) in [5.74, 6) is 0.586. The van der Waals surface area contributed by atoms with Gasteiger partial charge in [-0.15, -0.1) is 0 Å². The number of nitrogens with one attached hydrogen (secondary N) is 1. The number of H-pyrrole nitrogens is 1. The Morgan fingerprint density at radius 3 is 2.87 bits per heavy atom. The number of aliphatic imine (C=N–C) groups is 1. The van der Waals surface area contributed by atoms with Crippen molar-refractivity contribution in [3.8, 4) is 17.3 Å². The maximum Gasteiger partial charge on any atom is 0.319 e. The summed E-state index contributed by atoms with van der Waals surface area (Å²) in [5.41, 5.74) is 2.37. The number of ether oxygens (including phenoxy) is 3. The first-order chi connectivity index (χ1) is 22.5. The Hall–Kier alpha value is -3.87. The quantitative estimate of drug-likeness (QED) is 0.310. The van der Waals surface area contributed by atoms with Crippen molar-refractivity contribution in [1.82, 2.24) is 30.0 Å². The molecule has 1 aromatic carbocycles. The minimum absolute atomic E-state index is 0.0107. The Bertz CT molecular complexity index is 1850. The highest BCUT2D eigenvalue weighted by molar-refractivity contribution is 6.33. The molecular weight excluding hydrogens is 611 g/mol. The van der Waals surface area contributed by atoms with Crippen LogP contribution in [0.15, 0.2) is 35.7 Å². The van der Waals surface area contributed by atoms with Crippen LogP contribution in [0.5, 0.6) is 6.01 Å². The molecule has 6 bridgehead atoms. The van der Waals surface area contributed by atoms with Crippen molar-refractivity contribution in [3.63, 3.8) is 0 Å². The zero-order valence-corrected chi connectivity index (χ0v) is 26.5. The summed E-state index contributed by atoms with van der Waals surface area (Å²) in [5, 5.41) is 8.95.